The van der Waals surface area contributed by atoms with Crippen LogP contribution < -0.4 is 25.1 Å². The second-order valence-electron chi connectivity index (χ2n) is 7.03. The quantitative estimate of drug-likeness (QED) is 0.617. The molecule has 2 aliphatic rings. The van der Waals surface area contributed by atoms with E-state index in [2.05, 4.69) is 31.8 Å². The number of hydrogen-bond donors (Lipinski definition) is 3. The van der Waals surface area contributed by atoms with Crippen LogP contribution in [0.5, 0.6) is 11.5 Å². The summed E-state index contributed by atoms with van der Waals surface area (Å²) in [6, 6.07) is 9.67. The third-order valence-electron chi connectivity index (χ3n) is 4.99. The smallest absolute Gasteiger partial charge is 0.321 e. The highest BCUT2D eigenvalue weighted by Crippen LogP contribution is 2.38. The van der Waals surface area contributed by atoms with Crippen molar-refractivity contribution in [1.82, 2.24) is 15.3 Å². The van der Waals surface area contributed by atoms with Crippen molar-refractivity contribution in [2.45, 2.75) is 13.3 Å². The molecule has 30 heavy (non-hydrogen) atoms. The Hall–Kier alpha value is -3.75. The number of carbonyl (C=O) groups is 1. The normalized spacial score (nSPS) is 14.9. The molecule has 5 rings (SSSR count). The zero-order valence-corrected chi connectivity index (χ0v) is 16.6. The minimum absolute atomic E-state index is 0.302. The van der Waals surface area contributed by atoms with Crippen molar-refractivity contribution in [3.63, 3.8) is 0 Å². The highest BCUT2D eigenvalue weighted by atomic mass is 16.6. The summed E-state index contributed by atoms with van der Waals surface area (Å²) in [5.41, 5.74) is 4.44. The van der Waals surface area contributed by atoms with Crippen molar-refractivity contribution in [3.8, 4) is 22.6 Å². The Balaban J connectivity index is 1.58. The Morgan fingerprint density at radius 3 is 2.83 bits per heavy atom. The number of hydrogen-bond acceptors (Lipinski definition) is 6. The van der Waals surface area contributed by atoms with Crippen molar-refractivity contribution in [2.24, 2.45) is 5.10 Å². The lowest BCUT2D eigenvalue weighted by molar-refractivity contribution is 0.171. The molecule has 3 heterocycles. The van der Waals surface area contributed by atoms with Crippen LogP contribution in [0.2, 0.25) is 0 Å². The van der Waals surface area contributed by atoms with Gasteiger partial charge in [-0.05, 0) is 42.3 Å². The summed E-state index contributed by atoms with van der Waals surface area (Å²) in [7, 11) is 0. The number of aromatic nitrogens is 2. The van der Waals surface area contributed by atoms with Crippen LogP contribution in [0, 0.1) is 0 Å². The third-order valence-corrected chi connectivity index (χ3v) is 4.99. The molecule has 0 bridgehead atoms. The molecule has 3 N–H and O–H groups in total. The van der Waals surface area contributed by atoms with Gasteiger partial charge in [-0.1, -0.05) is 6.07 Å². The summed E-state index contributed by atoms with van der Waals surface area (Å²) in [5, 5.41) is 11.9. The number of hydrazone groups is 1. The van der Waals surface area contributed by atoms with E-state index in [-0.39, 0.29) is 6.03 Å². The molecular formula is C21H22N6O3. The summed E-state index contributed by atoms with van der Waals surface area (Å²) >= 11 is 0. The average molecular weight is 406 g/mol. The van der Waals surface area contributed by atoms with E-state index in [0.717, 1.165) is 52.3 Å². The standard InChI is InChI=1S/C21H22N6O3/c1-2-22-21(28)26-20-24-15-10-14(11-16(19(15)25-20)27-7-3-6-23-27)13-4-5-17-18(12-13)30-9-8-29-17/h4-6,10-12H,2-3,7-9H2,1H3,(H3,22,24,25,26,28). The van der Waals surface area contributed by atoms with Gasteiger partial charge in [-0.15, -0.1) is 0 Å². The number of H-pyrrole nitrogens is 1. The molecule has 0 fully saturated rings. The number of anilines is 2. The van der Waals surface area contributed by atoms with Crippen LogP contribution >= 0.6 is 0 Å². The van der Waals surface area contributed by atoms with Crippen LogP contribution in [0.25, 0.3) is 22.2 Å². The van der Waals surface area contributed by atoms with E-state index in [1.807, 2.05) is 42.4 Å². The van der Waals surface area contributed by atoms with Crippen LogP contribution in [0.15, 0.2) is 35.4 Å². The monoisotopic (exact) mass is 406 g/mol. The highest BCUT2D eigenvalue weighted by molar-refractivity contribution is 5.97. The number of rotatable bonds is 4. The summed E-state index contributed by atoms with van der Waals surface area (Å²) < 4.78 is 11.4. The summed E-state index contributed by atoms with van der Waals surface area (Å²) in [6.45, 7) is 4.29. The summed E-state index contributed by atoms with van der Waals surface area (Å²) in [6.07, 6.45) is 2.78. The molecular weight excluding hydrogens is 384 g/mol. The van der Waals surface area contributed by atoms with Crippen LogP contribution in [0.4, 0.5) is 16.4 Å². The van der Waals surface area contributed by atoms with Gasteiger partial charge in [0.25, 0.3) is 0 Å². The van der Waals surface area contributed by atoms with Gasteiger partial charge in [0.15, 0.2) is 11.5 Å². The van der Waals surface area contributed by atoms with E-state index >= 15 is 0 Å². The molecule has 2 aromatic carbocycles. The zero-order valence-electron chi connectivity index (χ0n) is 16.6. The summed E-state index contributed by atoms with van der Waals surface area (Å²) in [4.78, 5) is 19.7. The molecule has 0 radical (unpaired) electrons. The lowest BCUT2D eigenvalue weighted by atomic mass is 10.0. The van der Waals surface area contributed by atoms with Gasteiger partial charge in [-0.3, -0.25) is 10.3 Å². The first-order valence-corrected chi connectivity index (χ1v) is 10.00. The van der Waals surface area contributed by atoms with E-state index in [1.165, 1.54) is 0 Å². The van der Waals surface area contributed by atoms with E-state index in [1.54, 1.807) is 0 Å². The molecule has 9 nitrogen and oxygen atoms in total. The number of urea groups is 1. The number of ether oxygens (including phenoxy) is 2. The van der Waals surface area contributed by atoms with Gasteiger partial charge in [-0.2, -0.15) is 5.10 Å². The molecule has 2 aliphatic heterocycles. The number of nitrogens with zero attached hydrogens (tertiary/aromatic N) is 3. The van der Waals surface area contributed by atoms with Crippen molar-refractivity contribution in [1.29, 1.82) is 0 Å². The molecule has 3 aromatic rings. The SMILES string of the molecule is CCNC(=O)Nc1nc2cc(-c3ccc4c(c3)OCCO4)cc(N3CCC=N3)c2[nH]1. The number of fused-ring (bicyclic) bond motifs is 2. The maximum Gasteiger partial charge on any atom is 0.321 e. The number of imidazole rings is 1. The number of nitrogens with one attached hydrogen (secondary N) is 3. The molecule has 0 aliphatic carbocycles. The number of amides is 2. The Morgan fingerprint density at radius 2 is 2.03 bits per heavy atom. The zero-order chi connectivity index (χ0) is 20.5. The molecule has 0 saturated heterocycles. The van der Waals surface area contributed by atoms with E-state index in [4.69, 9.17) is 9.47 Å². The maximum atomic E-state index is 11.9. The molecule has 0 unspecified atom stereocenters. The first-order chi connectivity index (χ1) is 14.7. The first-order valence-electron chi connectivity index (χ1n) is 10.00. The Bertz CT molecular complexity index is 1140. The molecule has 154 valence electrons. The minimum Gasteiger partial charge on any atom is -0.486 e. The topological polar surface area (TPSA) is 104 Å². The van der Waals surface area contributed by atoms with Crippen LogP contribution in [-0.4, -0.2) is 48.5 Å². The molecule has 0 spiro atoms. The van der Waals surface area contributed by atoms with Gasteiger partial charge in [-0.25, -0.2) is 9.78 Å². The van der Waals surface area contributed by atoms with Gasteiger partial charge >= 0.3 is 6.03 Å². The molecule has 0 atom stereocenters. The van der Waals surface area contributed by atoms with Gasteiger partial charge in [0, 0.05) is 25.7 Å². The lowest BCUT2D eigenvalue weighted by Crippen LogP contribution is -2.28. The minimum atomic E-state index is -0.302. The van der Waals surface area contributed by atoms with Crippen molar-refractivity contribution < 1.29 is 14.3 Å². The second-order valence-corrected chi connectivity index (χ2v) is 7.03. The highest BCUT2D eigenvalue weighted by Gasteiger charge is 2.19. The van der Waals surface area contributed by atoms with Gasteiger partial charge in [0.2, 0.25) is 5.95 Å². The number of carbonyl (C=O) groups excluding carboxylic acids is 1. The second kappa shape index (κ2) is 7.58. The van der Waals surface area contributed by atoms with Crippen molar-refractivity contribution in [2.75, 3.05) is 36.6 Å². The van der Waals surface area contributed by atoms with Gasteiger partial charge in [0.05, 0.1) is 16.7 Å². The third kappa shape index (κ3) is 3.38. The maximum absolute atomic E-state index is 11.9. The van der Waals surface area contributed by atoms with Crippen molar-refractivity contribution >= 4 is 34.9 Å². The van der Waals surface area contributed by atoms with Crippen molar-refractivity contribution in [3.05, 3.63) is 30.3 Å². The van der Waals surface area contributed by atoms with E-state index in [0.29, 0.717) is 25.7 Å². The summed E-state index contributed by atoms with van der Waals surface area (Å²) in [5.74, 6) is 1.88. The first kappa shape index (κ1) is 18.3. The Morgan fingerprint density at radius 1 is 1.17 bits per heavy atom. The Kier molecular flexibility index (Phi) is 4.62. The molecule has 9 heteroatoms. The Labute approximate surface area is 173 Å². The molecule has 1 aromatic heterocycles. The predicted octanol–water partition coefficient (Wildman–Crippen LogP) is 3.34. The largest absolute Gasteiger partial charge is 0.486 e. The fourth-order valence-electron chi connectivity index (χ4n) is 3.64. The fourth-order valence-corrected chi connectivity index (χ4v) is 3.64. The van der Waals surface area contributed by atoms with Crippen LogP contribution in [0.1, 0.15) is 13.3 Å². The van der Waals surface area contributed by atoms with Gasteiger partial charge in [0.1, 0.15) is 13.2 Å². The number of benzene rings is 2. The average Bonchev–Trinajstić information content (AvgIpc) is 3.42. The predicted molar refractivity (Wildman–Crippen MR) is 116 cm³/mol. The van der Waals surface area contributed by atoms with E-state index < -0.39 is 0 Å². The molecule has 2 amide bonds. The van der Waals surface area contributed by atoms with Crippen LogP contribution in [0.3, 0.4) is 0 Å². The number of aromatic amines is 1. The molecule has 0 saturated carbocycles. The van der Waals surface area contributed by atoms with Gasteiger partial charge < -0.3 is 19.8 Å². The van der Waals surface area contributed by atoms with Crippen LogP contribution in [-0.2, 0) is 0 Å². The lowest BCUT2D eigenvalue weighted by Gasteiger charge is -2.20. The van der Waals surface area contributed by atoms with E-state index in [9.17, 15) is 4.79 Å². The fraction of sp³-hybridized carbons (Fsp3) is 0.286.